The van der Waals surface area contributed by atoms with Crippen LogP contribution < -0.4 is 21.3 Å². The summed E-state index contributed by atoms with van der Waals surface area (Å²) in [5, 5.41) is 3.10. The maximum atomic E-state index is 12.7. The molecular weight excluding hydrogens is 334 g/mol. The lowest BCUT2D eigenvalue weighted by Crippen LogP contribution is -2.36. The van der Waals surface area contributed by atoms with Gasteiger partial charge < -0.3 is 10.1 Å². The lowest BCUT2D eigenvalue weighted by atomic mass is 9.76. The number of benzene rings is 1. The number of aromatic amines is 2. The first-order chi connectivity index (χ1) is 12.6. The summed E-state index contributed by atoms with van der Waals surface area (Å²) >= 11 is 0. The molecule has 26 heavy (non-hydrogen) atoms. The zero-order valence-electron chi connectivity index (χ0n) is 14.3. The van der Waals surface area contributed by atoms with Crippen molar-refractivity contribution < 1.29 is 9.53 Å². The summed E-state index contributed by atoms with van der Waals surface area (Å²) in [5.41, 5.74) is 1.52. The SMILES string of the molecule is CCOc1ccc([C@@H]2C3=C(CCCC3=O)Nc3[nH]c(=O)[nH]c(=O)c32)cc1. The van der Waals surface area contributed by atoms with E-state index in [-0.39, 0.29) is 5.78 Å². The number of carbonyl (C=O) groups excluding carboxylic acids is 1. The van der Waals surface area contributed by atoms with E-state index in [4.69, 9.17) is 4.74 Å². The Morgan fingerprint density at radius 3 is 2.58 bits per heavy atom. The lowest BCUT2D eigenvalue weighted by Gasteiger charge is -2.32. The van der Waals surface area contributed by atoms with Crippen molar-refractivity contribution in [2.24, 2.45) is 0 Å². The van der Waals surface area contributed by atoms with Crippen LogP contribution in [0.4, 0.5) is 5.82 Å². The first-order valence-electron chi connectivity index (χ1n) is 8.71. The standard InChI is InChI=1S/C19H19N3O4/c1-2-26-11-8-6-10(7-9-11)14-15-12(4-3-5-13(15)23)20-17-16(14)18(24)22-19(25)21-17/h6-9,14H,2-5H2,1H3,(H3,20,21,22,24,25)/t14-/m1/s1. The number of nitrogens with one attached hydrogen (secondary N) is 3. The second kappa shape index (κ2) is 6.33. The zero-order chi connectivity index (χ0) is 18.3. The maximum absolute atomic E-state index is 12.7. The fraction of sp³-hybridized carbons (Fsp3) is 0.316. The topological polar surface area (TPSA) is 104 Å². The Morgan fingerprint density at radius 1 is 1.08 bits per heavy atom. The monoisotopic (exact) mass is 353 g/mol. The number of ketones is 1. The number of rotatable bonds is 3. The number of ether oxygens (including phenoxy) is 1. The van der Waals surface area contributed by atoms with Gasteiger partial charge in [-0.05, 0) is 37.5 Å². The molecule has 7 nitrogen and oxygen atoms in total. The Labute approximate surface area is 149 Å². The number of allylic oxidation sites excluding steroid dienone is 2. The normalized spacial score (nSPS) is 18.8. The van der Waals surface area contributed by atoms with Crippen LogP contribution >= 0.6 is 0 Å². The van der Waals surface area contributed by atoms with Gasteiger partial charge in [-0.3, -0.25) is 19.6 Å². The van der Waals surface area contributed by atoms with E-state index in [2.05, 4.69) is 15.3 Å². The van der Waals surface area contributed by atoms with Crippen molar-refractivity contribution >= 4 is 11.6 Å². The lowest BCUT2D eigenvalue weighted by molar-refractivity contribution is -0.116. The van der Waals surface area contributed by atoms with Crippen LogP contribution in [-0.4, -0.2) is 22.4 Å². The van der Waals surface area contributed by atoms with E-state index in [1.54, 1.807) is 0 Å². The van der Waals surface area contributed by atoms with Gasteiger partial charge in [0.25, 0.3) is 5.56 Å². The van der Waals surface area contributed by atoms with Crippen LogP contribution in [0.3, 0.4) is 0 Å². The molecule has 0 saturated carbocycles. The van der Waals surface area contributed by atoms with Gasteiger partial charge in [-0.1, -0.05) is 12.1 Å². The molecule has 0 unspecified atom stereocenters. The van der Waals surface area contributed by atoms with Gasteiger partial charge >= 0.3 is 5.69 Å². The van der Waals surface area contributed by atoms with E-state index in [9.17, 15) is 14.4 Å². The molecule has 3 N–H and O–H groups in total. The van der Waals surface area contributed by atoms with Crippen LogP contribution in [0.25, 0.3) is 0 Å². The Balaban J connectivity index is 1.92. The minimum Gasteiger partial charge on any atom is -0.494 e. The molecule has 0 fully saturated rings. The first-order valence-corrected chi connectivity index (χ1v) is 8.71. The quantitative estimate of drug-likeness (QED) is 0.783. The highest BCUT2D eigenvalue weighted by Gasteiger charge is 2.37. The molecule has 0 radical (unpaired) electrons. The molecule has 2 heterocycles. The molecule has 0 amide bonds. The van der Waals surface area contributed by atoms with Crippen LogP contribution in [0.5, 0.6) is 5.75 Å². The van der Waals surface area contributed by atoms with Crippen molar-refractivity contribution in [3.8, 4) is 5.75 Å². The molecule has 2 aromatic rings. The Kier molecular flexibility index (Phi) is 3.99. The third-order valence-corrected chi connectivity index (χ3v) is 4.81. The minimum absolute atomic E-state index is 0.0360. The molecule has 7 heteroatoms. The van der Waals surface area contributed by atoms with Crippen molar-refractivity contribution in [1.29, 1.82) is 0 Å². The second-order valence-electron chi connectivity index (χ2n) is 6.43. The summed E-state index contributed by atoms with van der Waals surface area (Å²) in [6.07, 6.45) is 1.93. The van der Waals surface area contributed by atoms with Gasteiger partial charge in [0.05, 0.1) is 12.2 Å². The highest BCUT2D eigenvalue weighted by molar-refractivity contribution is 6.00. The van der Waals surface area contributed by atoms with Crippen molar-refractivity contribution in [1.82, 2.24) is 9.97 Å². The zero-order valence-corrected chi connectivity index (χ0v) is 14.3. The van der Waals surface area contributed by atoms with Gasteiger partial charge in [-0.2, -0.15) is 0 Å². The van der Waals surface area contributed by atoms with E-state index < -0.39 is 17.2 Å². The van der Waals surface area contributed by atoms with Gasteiger partial charge in [-0.15, -0.1) is 0 Å². The first kappa shape index (κ1) is 16.4. The number of fused-ring (bicyclic) bond motifs is 1. The number of Topliss-reactive ketones (excluding diaryl/α,β-unsaturated/α-hetero) is 1. The summed E-state index contributed by atoms with van der Waals surface area (Å²) < 4.78 is 5.48. The van der Waals surface area contributed by atoms with E-state index in [1.807, 2.05) is 31.2 Å². The average molecular weight is 353 g/mol. The van der Waals surface area contributed by atoms with Crippen LogP contribution in [0, 0.1) is 0 Å². The summed E-state index contributed by atoms with van der Waals surface area (Å²) in [7, 11) is 0. The van der Waals surface area contributed by atoms with Gasteiger partial charge in [0.1, 0.15) is 11.6 Å². The molecule has 0 spiro atoms. The van der Waals surface area contributed by atoms with Gasteiger partial charge in [0.2, 0.25) is 0 Å². The van der Waals surface area contributed by atoms with Crippen molar-refractivity contribution in [2.45, 2.75) is 32.1 Å². The van der Waals surface area contributed by atoms with Crippen molar-refractivity contribution in [3.63, 3.8) is 0 Å². The maximum Gasteiger partial charge on any atom is 0.327 e. The number of anilines is 1. The number of hydrogen-bond acceptors (Lipinski definition) is 5. The van der Waals surface area contributed by atoms with Crippen molar-refractivity contribution in [3.05, 3.63) is 67.5 Å². The van der Waals surface area contributed by atoms with Crippen molar-refractivity contribution in [2.75, 3.05) is 11.9 Å². The Bertz CT molecular complexity index is 1010. The largest absolute Gasteiger partial charge is 0.494 e. The number of hydrogen-bond donors (Lipinski definition) is 3. The second-order valence-corrected chi connectivity index (χ2v) is 6.43. The third-order valence-electron chi connectivity index (χ3n) is 4.81. The van der Waals surface area contributed by atoms with E-state index in [1.165, 1.54) is 0 Å². The molecule has 0 bridgehead atoms. The van der Waals surface area contributed by atoms with E-state index in [0.717, 1.165) is 23.4 Å². The smallest absolute Gasteiger partial charge is 0.327 e. The molecule has 2 aliphatic rings. The number of aromatic nitrogens is 2. The predicted octanol–water partition coefficient (Wildman–Crippen LogP) is 2.03. The van der Waals surface area contributed by atoms with Gasteiger partial charge in [-0.25, -0.2) is 4.79 Å². The van der Waals surface area contributed by atoms with Crippen LogP contribution in [0.1, 0.15) is 43.2 Å². The van der Waals surface area contributed by atoms with E-state index in [0.29, 0.717) is 36.4 Å². The molecule has 1 aliphatic heterocycles. The molecule has 4 rings (SSSR count). The van der Waals surface area contributed by atoms with Gasteiger partial charge in [0.15, 0.2) is 5.78 Å². The highest BCUT2D eigenvalue weighted by Crippen LogP contribution is 2.42. The summed E-state index contributed by atoms with van der Waals surface area (Å²) in [6, 6.07) is 7.38. The molecule has 1 aliphatic carbocycles. The van der Waals surface area contributed by atoms with Crippen LogP contribution in [0.15, 0.2) is 45.1 Å². The minimum atomic E-state index is -0.571. The fourth-order valence-corrected chi connectivity index (χ4v) is 3.75. The highest BCUT2D eigenvalue weighted by atomic mass is 16.5. The van der Waals surface area contributed by atoms with Crippen LogP contribution in [-0.2, 0) is 4.79 Å². The Hall–Kier alpha value is -3.09. The predicted molar refractivity (Wildman–Crippen MR) is 96.6 cm³/mol. The Morgan fingerprint density at radius 2 is 1.85 bits per heavy atom. The van der Waals surface area contributed by atoms with Gasteiger partial charge in [0, 0.05) is 23.6 Å². The van der Waals surface area contributed by atoms with E-state index >= 15 is 0 Å². The number of carbonyl (C=O) groups is 1. The average Bonchev–Trinajstić information content (AvgIpc) is 2.61. The molecule has 1 aromatic carbocycles. The van der Waals surface area contributed by atoms with Crippen LogP contribution in [0.2, 0.25) is 0 Å². The molecular formula is C19H19N3O4. The molecule has 0 saturated heterocycles. The fourth-order valence-electron chi connectivity index (χ4n) is 3.75. The molecule has 1 aromatic heterocycles. The summed E-state index contributed by atoms with van der Waals surface area (Å²) in [4.78, 5) is 41.8. The molecule has 1 atom stereocenters. The summed E-state index contributed by atoms with van der Waals surface area (Å²) in [6.45, 7) is 2.47. The summed E-state index contributed by atoms with van der Waals surface area (Å²) in [5.74, 6) is 0.621. The third kappa shape index (κ3) is 2.65. The number of H-pyrrole nitrogens is 2. The molecule has 134 valence electrons.